The van der Waals surface area contributed by atoms with Crippen LogP contribution >= 0.6 is 0 Å². The van der Waals surface area contributed by atoms with Crippen LogP contribution in [0.1, 0.15) is 0 Å². The Bertz CT molecular complexity index is 10.8. The van der Waals surface area contributed by atoms with Crippen molar-refractivity contribution in [3.05, 3.63) is 0 Å². The third-order valence-corrected chi connectivity index (χ3v) is 0.204. The molecule has 0 spiro atoms. The smallest absolute Gasteiger partial charge is 0.0701 e. The maximum atomic E-state index is 4.50. The Morgan fingerprint density at radius 3 is 1.50 bits per heavy atom. The molecule has 1 nitrogen and oxygen atoms in total. The summed E-state index contributed by atoms with van der Waals surface area (Å²) in [6, 6.07) is 0. The first-order valence-electron chi connectivity index (χ1n) is 1.08. The van der Waals surface area contributed by atoms with Crippen molar-refractivity contribution in [1.29, 1.82) is 0 Å². The molecule has 0 aromatic rings. The third-order valence-electron chi connectivity index (χ3n) is 0.204. The minimum absolute atomic E-state index is 0. The van der Waals surface area contributed by atoms with Crippen molar-refractivity contribution < 1.29 is 21.8 Å². The Labute approximate surface area is 35.8 Å². The Morgan fingerprint density at radius 2 is 1.50 bits per heavy atom. The molecular weight excluding hydrogens is 104 g/mol. The van der Waals surface area contributed by atoms with Crippen molar-refractivity contribution in [3.63, 3.8) is 0 Å². The van der Waals surface area contributed by atoms with E-state index in [-0.39, 0.29) is 17.1 Å². The maximum absolute atomic E-state index is 4.50. The largest absolute Gasteiger partial charge is 0.377 e. The number of hydrogen-bond donors (Lipinski definition) is 0. The first-order valence-corrected chi connectivity index (χ1v) is 1.08. The topological polar surface area (TPSA) is 12.5 Å². The average molecular weight is 108 g/mol. The van der Waals surface area contributed by atoms with E-state index >= 15 is 0 Å². The van der Waals surface area contributed by atoms with Crippen LogP contribution in [-0.4, -0.2) is 13.2 Å². The molecule has 1 aliphatic rings. The number of ether oxygens (including phenoxy) is 1. The van der Waals surface area contributed by atoms with Crippen LogP contribution < -0.4 is 0 Å². The summed E-state index contributed by atoms with van der Waals surface area (Å²) in [6.07, 6.45) is 0. The minimum Gasteiger partial charge on any atom is -0.377 e. The zero-order valence-electron chi connectivity index (χ0n) is 2.12. The normalized spacial score (nSPS) is 18.0. The minimum atomic E-state index is 0. The predicted octanol–water partition coefficient (Wildman–Crippen LogP) is 0.0141. The van der Waals surface area contributed by atoms with Crippen LogP contribution in [0.3, 0.4) is 0 Å². The fraction of sp³-hybridized carbons (Fsp3) is 1.00. The Kier molecular flexibility index (Phi) is 1.98. The van der Waals surface area contributed by atoms with Crippen molar-refractivity contribution in [2.75, 3.05) is 13.2 Å². The molecule has 1 aliphatic heterocycles. The molecule has 1 saturated heterocycles. The van der Waals surface area contributed by atoms with Gasteiger partial charge < -0.3 is 4.74 Å². The van der Waals surface area contributed by atoms with E-state index in [1.165, 1.54) is 0 Å². The molecule has 0 bridgehead atoms. The molecule has 0 N–H and O–H groups in total. The second-order valence-electron chi connectivity index (χ2n) is 0.612. The molecule has 0 saturated carbocycles. The molecule has 0 aromatic heterocycles. The summed E-state index contributed by atoms with van der Waals surface area (Å²) in [7, 11) is 0. The SMILES string of the molecule is C1CO1.[Cu]. The van der Waals surface area contributed by atoms with E-state index in [1.54, 1.807) is 0 Å². The van der Waals surface area contributed by atoms with Crippen LogP contribution in [-0.2, 0) is 21.8 Å². The van der Waals surface area contributed by atoms with Gasteiger partial charge in [-0.05, 0) is 0 Å². The van der Waals surface area contributed by atoms with Gasteiger partial charge in [-0.15, -0.1) is 0 Å². The second kappa shape index (κ2) is 1.77. The molecule has 1 fully saturated rings. The molecule has 2 heteroatoms. The van der Waals surface area contributed by atoms with Crippen LogP contribution in [0.15, 0.2) is 0 Å². The van der Waals surface area contributed by atoms with Crippen LogP contribution in [0.4, 0.5) is 0 Å². The van der Waals surface area contributed by atoms with Gasteiger partial charge in [0.2, 0.25) is 0 Å². The van der Waals surface area contributed by atoms with Gasteiger partial charge in [-0.1, -0.05) is 0 Å². The number of hydrogen-bond acceptors (Lipinski definition) is 1. The molecule has 0 unspecified atom stereocenters. The molecule has 0 aromatic carbocycles. The van der Waals surface area contributed by atoms with Gasteiger partial charge in [0.05, 0.1) is 13.2 Å². The van der Waals surface area contributed by atoms with Crippen LogP contribution in [0.5, 0.6) is 0 Å². The van der Waals surface area contributed by atoms with E-state index in [9.17, 15) is 0 Å². The molecule has 1 radical (unpaired) electrons. The summed E-state index contributed by atoms with van der Waals surface area (Å²) < 4.78 is 4.50. The van der Waals surface area contributed by atoms with Crippen molar-refractivity contribution in [1.82, 2.24) is 0 Å². The van der Waals surface area contributed by atoms with Gasteiger partial charge in [0.15, 0.2) is 0 Å². The summed E-state index contributed by atoms with van der Waals surface area (Å²) in [5.41, 5.74) is 0. The molecule has 29 valence electrons. The molecule has 0 aliphatic carbocycles. The standard InChI is InChI=1S/C2H4O.Cu/c1-2-3-1;/h1-2H2;. The van der Waals surface area contributed by atoms with E-state index in [4.69, 9.17) is 0 Å². The molecule has 0 atom stereocenters. The first-order chi connectivity index (χ1) is 1.50. The quantitative estimate of drug-likeness (QED) is 0.314. The van der Waals surface area contributed by atoms with Gasteiger partial charge in [-0.3, -0.25) is 0 Å². The fourth-order valence-electron chi connectivity index (χ4n) is 0. The Morgan fingerprint density at radius 1 is 1.25 bits per heavy atom. The van der Waals surface area contributed by atoms with Crippen LogP contribution in [0.25, 0.3) is 0 Å². The summed E-state index contributed by atoms with van der Waals surface area (Å²) in [5, 5.41) is 0. The van der Waals surface area contributed by atoms with Crippen molar-refractivity contribution in [3.8, 4) is 0 Å². The summed E-state index contributed by atoms with van der Waals surface area (Å²) in [5.74, 6) is 0. The van der Waals surface area contributed by atoms with E-state index in [0.29, 0.717) is 0 Å². The van der Waals surface area contributed by atoms with Crippen molar-refractivity contribution in [2.24, 2.45) is 0 Å². The van der Waals surface area contributed by atoms with Crippen LogP contribution in [0.2, 0.25) is 0 Å². The van der Waals surface area contributed by atoms with Gasteiger partial charge in [-0.2, -0.15) is 0 Å². The predicted molar refractivity (Wildman–Crippen MR) is 10.8 cm³/mol. The summed E-state index contributed by atoms with van der Waals surface area (Å²) in [6.45, 7) is 2.00. The van der Waals surface area contributed by atoms with Gasteiger partial charge in [0, 0.05) is 17.1 Å². The van der Waals surface area contributed by atoms with E-state index < -0.39 is 0 Å². The Hall–Kier alpha value is 0.479. The third kappa shape index (κ3) is 2.48. The zero-order valence-corrected chi connectivity index (χ0v) is 3.07. The Balaban J connectivity index is 0.0000000900. The van der Waals surface area contributed by atoms with Crippen LogP contribution in [0, 0.1) is 0 Å². The van der Waals surface area contributed by atoms with Gasteiger partial charge >= 0.3 is 0 Å². The molecule has 4 heavy (non-hydrogen) atoms. The van der Waals surface area contributed by atoms with Crippen molar-refractivity contribution in [2.45, 2.75) is 0 Å². The van der Waals surface area contributed by atoms with Gasteiger partial charge in [0.1, 0.15) is 0 Å². The molecule has 1 heterocycles. The fourth-order valence-corrected chi connectivity index (χ4v) is 0. The summed E-state index contributed by atoms with van der Waals surface area (Å²) in [4.78, 5) is 0. The second-order valence-corrected chi connectivity index (χ2v) is 0.612. The number of rotatable bonds is 0. The van der Waals surface area contributed by atoms with Crippen molar-refractivity contribution >= 4 is 0 Å². The van der Waals surface area contributed by atoms with E-state index in [1.807, 2.05) is 0 Å². The van der Waals surface area contributed by atoms with Gasteiger partial charge in [0.25, 0.3) is 0 Å². The molecule has 0 amide bonds. The average Bonchev–Trinajstić information content (AvgIpc) is 1.46. The van der Waals surface area contributed by atoms with Gasteiger partial charge in [-0.25, -0.2) is 0 Å². The maximum Gasteiger partial charge on any atom is 0.0701 e. The zero-order chi connectivity index (χ0) is 2.12. The molecular formula is C2H4CuO. The first kappa shape index (κ1) is 4.48. The monoisotopic (exact) mass is 107 g/mol. The van der Waals surface area contributed by atoms with E-state index in [2.05, 4.69) is 4.74 Å². The summed E-state index contributed by atoms with van der Waals surface area (Å²) >= 11 is 0. The molecule has 1 rings (SSSR count). The van der Waals surface area contributed by atoms with E-state index in [0.717, 1.165) is 13.2 Å². The number of epoxide rings is 1.